The summed E-state index contributed by atoms with van der Waals surface area (Å²) in [6, 6.07) is 1.82. The molecule has 1 rings (SSSR count). The Morgan fingerprint density at radius 1 is 1.78 bits per heavy atom. The van der Waals surface area contributed by atoms with Crippen LogP contribution in [0.1, 0.15) is 6.17 Å². The zero-order valence-corrected chi connectivity index (χ0v) is 5.07. The van der Waals surface area contributed by atoms with Crippen LogP contribution in [0.2, 0.25) is 0 Å². The number of nitrogens with two attached hydrogens (primary N) is 1. The fourth-order valence-corrected chi connectivity index (χ4v) is 0.565. The van der Waals surface area contributed by atoms with Crippen molar-refractivity contribution in [2.75, 3.05) is 0 Å². The summed E-state index contributed by atoms with van der Waals surface area (Å²) in [5, 5.41) is 3.91. The topological polar surface area (TPSA) is 43.8 Å². The van der Waals surface area contributed by atoms with E-state index in [1.54, 1.807) is 23.2 Å². The van der Waals surface area contributed by atoms with Crippen LogP contribution in [-0.2, 0) is 0 Å². The Labute approximate surface area is 53.8 Å². The predicted octanol–water partition coefficient (Wildman–Crippen LogP) is 0.526. The van der Waals surface area contributed by atoms with Crippen molar-refractivity contribution in [1.29, 1.82) is 0 Å². The zero-order valence-electron chi connectivity index (χ0n) is 5.07. The fraction of sp³-hybridized carbons (Fsp3) is 0.167. The third kappa shape index (κ3) is 1.17. The van der Waals surface area contributed by atoms with Gasteiger partial charge in [-0.05, 0) is 6.07 Å². The van der Waals surface area contributed by atoms with Gasteiger partial charge in [0.15, 0.2) is 0 Å². The molecule has 0 fully saturated rings. The van der Waals surface area contributed by atoms with E-state index < -0.39 is 0 Å². The largest absolute Gasteiger partial charge is 0.306 e. The van der Waals surface area contributed by atoms with Crippen LogP contribution in [-0.4, -0.2) is 9.78 Å². The number of rotatable bonds is 2. The second-order valence-corrected chi connectivity index (χ2v) is 1.71. The van der Waals surface area contributed by atoms with Gasteiger partial charge in [0, 0.05) is 12.4 Å². The molecule has 1 aromatic rings. The van der Waals surface area contributed by atoms with Crippen molar-refractivity contribution in [2.45, 2.75) is 6.17 Å². The minimum Gasteiger partial charge on any atom is -0.306 e. The van der Waals surface area contributed by atoms with Crippen LogP contribution in [0, 0.1) is 0 Å². The van der Waals surface area contributed by atoms with Crippen molar-refractivity contribution in [2.24, 2.45) is 5.73 Å². The first-order chi connectivity index (χ1) is 4.34. The van der Waals surface area contributed by atoms with Gasteiger partial charge in [-0.2, -0.15) is 5.10 Å². The van der Waals surface area contributed by atoms with Crippen molar-refractivity contribution in [3.8, 4) is 0 Å². The first-order valence-electron chi connectivity index (χ1n) is 2.72. The Morgan fingerprint density at radius 3 is 3.00 bits per heavy atom. The lowest BCUT2D eigenvalue weighted by Gasteiger charge is -2.03. The summed E-state index contributed by atoms with van der Waals surface area (Å²) < 4.78 is 1.63. The molecule has 1 aromatic heterocycles. The molecular formula is C6H9N3. The molecule has 0 radical (unpaired) electrons. The van der Waals surface area contributed by atoms with Crippen LogP contribution in [0.25, 0.3) is 0 Å². The Balaban J connectivity index is 2.76. The number of nitrogens with zero attached hydrogens (tertiary/aromatic N) is 2. The van der Waals surface area contributed by atoms with Gasteiger partial charge < -0.3 is 5.73 Å². The molecular weight excluding hydrogens is 114 g/mol. The van der Waals surface area contributed by atoms with Crippen LogP contribution in [0.5, 0.6) is 0 Å². The van der Waals surface area contributed by atoms with Crippen LogP contribution in [0.3, 0.4) is 0 Å². The average Bonchev–Trinajstić information content (AvgIpc) is 2.37. The Morgan fingerprint density at radius 2 is 2.56 bits per heavy atom. The molecule has 9 heavy (non-hydrogen) atoms. The molecule has 0 bridgehead atoms. The first-order valence-corrected chi connectivity index (χ1v) is 2.72. The van der Waals surface area contributed by atoms with E-state index in [4.69, 9.17) is 5.73 Å². The molecule has 1 unspecified atom stereocenters. The van der Waals surface area contributed by atoms with Gasteiger partial charge in [-0.3, -0.25) is 4.68 Å². The van der Waals surface area contributed by atoms with E-state index >= 15 is 0 Å². The van der Waals surface area contributed by atoms with E-state index in [0.29, 0.717) is 0 Å². The minimum absolute atomic E-state index is 0.194. The minimum atomic E-state index is -0.194. The van der Waals surface area contributed by atoms with Crippen LogP contribution >= 0.6 is 0 Å². The smallest absolute Gasteiger partial charge is 0.117 e. The summed E-state index contributed by atoms with van der Waals surface area (Å²) in [5.74, 6) is 0. The fourth-order valence-electron chi connectivity index (χ4n) is 0.565. The predicted molar refractivity (Wildman–Crippen MR) is 35.6 cm³/mol. The highest BCUT2D eigenvalue weighted by atomic mass is 15.3. The third-order valence-corrected chi connectivity index (χ3v) is 1.07. The molecule has 1 atom stereocenters. The van der Waals surface area contributed by atoms with E-state index in [0.717, 1.165) is 0 Å². The molecule has 0 aliphatic heterocycles. The van der Waals surface area contributed by atoms with Crippen molar-refractivity contribution >= 4 is 0 Å². The Hall–Kier alpha value is -1.09. The molecule has 0 aromatic carbocycles. The van der Waals surface area contributed by atoms with E-state index in [1.807, 2.05) is 6.07 Å². The molecule has 3 heteroatoms. The number of hydrogen-bond donors (Lipinski definition) is 1. The molecule has 0 aliphatic carbocycles. The second kappa shape index (κ2) is 2.46. The molecule has 2 N–H and O–H groups in total. The van der Waals surface area contributed by atoms with E-state index in [1.165, 1.54) is 0 Å². The molecule has 3 nitrogen and oxygen atoms in total. The molecule has 0 amide bonds. The SMILES string of the molecule is C=CC(N)n1cccn1. The van der Waals surface area contributed by atoms with Gasteiger partial charge in [0.05, 0.1) is 0 Å². The normalized spacial score (nSPS) is 13.0. The molecule has 1 heterocycles. The maximum absolute atomic E-state index is 5.52. The highest BCUT2D eigenvalue weighted by Crippen LogP contribution is 1.94. The standard InChI is InChI=1S/C6H9N3/c1-2-6(7)9-5-3-4-8-9/h2-6H,1,7H2. The highest BCUT2D eigenvalue weighted by molar-refractivity contribution is 4.85. The lowest BCUT2D eigenvalue weighted by Crippen LogP contribution is -2.15. The maximum atomic E-state index is 5.52. The number of aromatic nitrogens is 2. The summed E-state index contributed by atoms with van der Waals surface area (Å²) >= 11 is 0. The van der Waals surface area contributed by atoms with Crippen molar-refractivity contribution in [1.82, 2.24) is 9.78 Å². The third-order valence-electron chi connectivity index (χ3n) is 1.07. The van der Waals surface area contributed by atoms with E-state index in [2.05, 4.69) is 11.7 Å². The summed E-state index contributed by atoms with van der Waals surface area (Å²) in [6.07, 6.45) is 4.92. The molecule has 48 valence electrons. The van der Waals surface area contributed by atoms with Gasteiger partial charge in [-0.1, -0.05) is 12.7 Å². The highest BCUT2D eigenvalue weighted by Gasteiger charge is 1.94. The molecule has 0 saturated heterocycles. The summed E-state index contributed by atoms with van der Waals surface area (Å²) in [4.78, 5) is 0. The van der Waals surface area contributed by atoms with Crippen molar-refractivity contribution in [3.05, 3.63) is 31.1 Å². The molecule has 0 spiro atoms. The van der Waals surface area contributed by atoms with E-state index in [9.17, 15) is 0 Å². The summed E-state index contributed by atoms with van der Waals surface area (Å²) in [7, 11) is 0. The Kier molecular flexibility index (Phi) is 1.65. The van der Waals surface area contributed by atoms with Crippen molar-refractivity contribution in [3.63, 3.8) is 0 Å². The quantitative estimate of drug-likeness (QED) is 0.583. The maximum Gasteiger partial charge on any atom is 0.117 e. The molecule has 0 saturated carbocycles. The Bertz CT molecular complexity index is 178. The lowest BCUT2D eigenvalue weighted by atomic mass is 10.5. The average molecular weight is 123 g/mol. The summed E-state index contributed by atoms with van der Waals surface area (Å²) in [6.45, 7) is 3.53. The van der Waals surface area contributed by atoms with Gasteiger partial charge in [0.2, 0.25) is 0 Å². The van der Waals surface area contributed by atoms with Crippen LogP contribution in [0.4, 0.5) is 0 Å². The van der Waals surface area contributed by atoms with Gasteiger partial charge in [-0.15, -0.1) is 0 Å². The monoisotopic (exact) mass is 123 g/mol. The van der Waals surface area contributed by atoms with Gasteiger partial charge in [-0.25, -0.2) is 0 Å². The summed E-state index contributed by atoms with van der Waals surface area (Å²) in [5.41, 5.74) is 5.52. The van der Waals surface area contributed by atoms with Gasteiger partial charge >= 0.3 is 0 Å². The van der Waals surface area contributed by atoms with Gasteiger partial charge in [0.25, 0.3) is 0 Å². The van der Waals surface area contributed by atoms with Gasteiger partial charge in [0.1, 0.15) is 6.17 Å². The zero-order chi connectivity index (χ0) is 6.69. The first kappa shape index (κ1) is 6.04. The van der Waals surface area contributed by atoms with E-state index in [-0.39, 0.29) is 6.17 Å². The van der Waals surface area contributed by atoms with Crippen LogP contribution < -0.4 is 5.73 Å². The number of hydrogen-bond acceptors (Lipinski definition) is 2. The van der Waals surface area contributed by atoms with Crippen molar-refractivity contribution < 1.29 is 0 Å². The molecule has 0 aliphatic rings. The second-order valence-electron chi connectivity index (χ2n) is 1.71. The van der Waals surface area contributed by atoms with Crippen LogP contribution in [0.15, 0.2) is 31.1 Å². The lowest BCUT2D eigenvalue weighted by molar-refractivity contribution is 0.559.